The van der Waals surface area contributed by atoms with Crippen molar-refractivity contribution < 1.29 is 0 Å². The smallest absolute Gasteiger partial charge is 0.176 e. The van der Waals surface area contributed by atoms with Crippen LogP contribution in [0.25, 0.3) is 0 Å². The largest absolute Gasteiger partial charge is 0.376 e. The highest BCUT2D eigenvalue weighted by atomic mass is 32.1. The average molecular weight is 230 g/mol. The molecule has 0 radical (unpaired) electrons. The molecular formula is C11H10N4S. The number of nitrogens with two attached hydrogens (primary N) is 1. The molecule has 0 saturated carbocycles. The first kappa shape index (κ1) is 10.5. The van der Waals surface area contributed by atoms with Crippen LogP contribution in [0.1, 0.15) is 0 Å². The molecule has 0 unspecified atom stereocenters. The Morgan fingerprint density at radius 2 is 1.94 bits per heavy atom. The lowest BCUT2D eigenvalue weighted by Gasteiger charge is -2.21. The first-order chi connectivity index (χ1) is 7.79. The van der Waals surface area contributed by atoms with Crippen molar-refractivity contribution in [3.05, 3.63) is 48.9 Å². The van der Waals surface area contributed by atoms with Gasteiger partial charge in [0.1, 0.15) is 12.1 Å². The molecular weight excluding hydrogens is 220 g/mol. The molecule has 16 heavy (non-hydrogen) atoms. The second kappa shape index (κ2) is 4.67. The average Bonchev–Trinajstić information content (AvgIpc) is 2.31. The zero-order valence-electron chi connectivity index (χ0n) is 8.45. The number of hydrogen-bond acceptors (Lipinski definition) is 3. The van der Waals surface area contributed by atoms with E-state index in [0.717, 1.165) is 5.69 Å². The number of aromatic nitrogens is 2. The van der Waals surface area contributed by atoms with Gasteiger partial charge >= 0.3 is 0 Å². The Morgan fingerprint density at radius 1 is 1.19 bits per heavy atom. The molecule has 0 aliphatic heterocycles. The monoisotopic (exact) mass is 230 g/mol. The van der Waals surface area contributed by atoms with Gasteiger partial charge in [0.15, 0.2) is 5.11 Å². The van der Waals surface area contributed by atoms with Crippen LogP contribution in [0.5, 0.6) is 0 Å². The summed E-state index contributed by atoms with van der Waals surface area (Å²) in [4.78, 5) is 9.67. The minimum atomic E-state index is 0.255. The summed E-state index contributed by atoms with van der Waals surface area (Å²) in [6, 6.07) is 11.4. The second-order valence-electron chi connectivity index (χ2n) is 3.08. The van der Waals surface area contributed by atoms with Crippen LogP contribution in [0, 0.1) is 0 Å². The molecule has 0 fully saturated rings. The van der Waals surface area contributed by atoms with Crippen LogP contribution in [0.3, 0.4) is 0 Å². The number of thiocarbonyl (C=S) groups is 1. The quantitative estimate of drug-likeness (QED) is 0.798. The Labute approximate surface area is 98.8 Å². The molecule has 1 heterocycles. The highest BCUT2D eigenvalue weighted by Gasteiger charge is 2.12. The van der Waals surface area contributed by atoms with Gasteiger partial charge in [-0.05, 0) is 30.4 Å². The van der Waals surface area contributed by atoms with Crippen molar-refractivity contribution in [2.45, 2.75) is 0 Å². The summed E-state index contributed by atoms with van der Waals surface area (Å²) in [6.07, 6.45) is 3.11. The molecule has 4 nitrogen and oxygen atoms in total. The van der Waals surface area contributed by atoms with E-state index in [9.17, 15) is 0 Å². The van der Waals surface area contributed by atoms with E-state index >= 15 is 0 Å². The Morgan fingerprint density at radius 3 is 2.50 bits per heavy atom. The maximum Gasteiger partial charge on any atom is 0.176 e. The molecule has 1 aromatic heterocycles. The minimum absolute atomic E-state index is 0.255. The van der Waals surface area contributed by atoms with Crippen molar-refractivity contribution in [3.8, 4) is 0 Å². The Hall–Kier alpha value is -2.01. The van der Waals surface area contributed by atoms with Gasteiger partial charge in [-0.1, -0.05) is 18.2 Å². The van der Waals surface area contributed by atoms with Crippen LogP contribution in [0.4, 0.5) is 11.5 Å². The third kappa shape index (κ3) is 2.14. The summed E-state index contributed by atoms with van der Waals surface area (Å²) < 4.78 is 0. The number of anilines is 2. The zero-order valence-corrected chi connectivity index (χ0v) is 9.26. The Kier molecular flexibility index (Phi) is 3.07. The summed E-state index contributed by atoms with van der Waals surface area (Å²) in [6.45, 7) is 0. The third-order valence-electron chi connectivity index (χ3n) is 2.03. The van der Waals surface area contributed by atoms with Crippen molar-refractivity contribution >= 4 is 28.8 Å². The van der Waals surface area contributed by atoms with Crippen LogP contribution >= 0.6 is 12.2 Å². The molecule has 2 N–H and O–H groups in total. The van der Waals surface area contributed by atoms with Gasteiger partial charge in [-0.25, -0.2) is 9.97 Å². The van der Waals surface area contributed by atoms with E-state index < -0.39 is 0 Å². The summed E-state index contributed by atoms with van der Waals surface area (Å²) >= 11 is 5.02. The molecule has 5 heteroatoms. The van der Waals surface area contributed by atoms with Crippen LogP contribution < -0.4 is 10.6 Å². The normalized spacial score (nSPS) is 9.75. The van der Waals surface area contributed by atoms with E-state index in [1.165, 1.54) is 6.33 Å². The van der Waals surface area contributed by atoms with Gasteiger partial charge in [0.2, 0.25) is 0 Å². The predicted octanol–water partition coefficient (Wildman–Crippen LogP) is 1.86. The summed E-state index contributed by atoms with van der Waals surface area (Å²) in [5.74, 6) is 0.661. The molecule has 2 aromatic rings. The number of nitrogens with zero attached hydrogens (tertiary/aromatic N) is 3. The summed E-state index contributed by atoms with van der Waals surface area (Å²) in [5.41, 5.74) is 6.58. The number of benzene rings is 1. The molecule has 0 bridgehead atoms. The molecule has 0 saturated heterocycles. The van der Waals surface area contributed by atoms with Crippen LogP contribution in [0.15, 0.2) is 48.9 Å². The van der Waals surface area contributed by atoms with Gasteiger partial charge in [0.05, 0.1) is 0 Å². The SMILES string of the molecule is NC(=S)N(c1ccccc1)c1ccncn1. The van der Waals surface area contributed by atoms with Gasteiger partial charge in [0.25, 0.3) is 0 Å². The fourth-order valence-electron chi connectivity index (χ4n) is 1.37. The predicted molar refractivity (Wildman–Crippen MR) is 67.4 cm³/mol. The second-order valence-corrected chi connectivity index (χ2v) is 3.50. The van der Waals surface area contributed by atoms with Gasteiger partial charge in [-0.15, -0.1) is 0 Å². The molecule has 2 rings (SSSR count). The van der Waals surface area contributed by atoms with E-state index in [-0.39, 0.29) is 5.11 Å². The maximum atomic E-state index is 5.70. The molecule has 0 amide bonds. The lowest BCUT2D eigenvalue weighted by Crippen LogP contribution is -2.31. The fraction of sp³-hybridized carbons (Fsp3) is 0. The third-order valence-corrected chi connectivity index (χ3v) is 2.21. The van der Waals surface area contributed by atoms with Crippen molar-refractivity contribution in [3.63, 3.8) is 0 Å². The molecule has 0 aliphatic rings. The summed E-state index contributed by atoms with van der Waals surface area (Å²) in [7, 11) is 0. The molecule has 0 spiro atoms. The Balaban J connectivity index is 2.44. The molecule has 1 aromatic carbocycles. The van der Waals surface area contributed by atoms with Crippen molar-refractivity contribution in [2.24, 2.45) is 5.73 Å². The topological polar surface area (TPSA) is 55.0 Å². The zero-order chi connectivity index (χ0) is 11.4. The first-order valence-corrected chi connectivity index (χ1v) is 5.10. The van der Waals surface area contributed by atoms with E-state index in [1.807, 2.05) is 30.3 Å². The maximum absolute atomic E-state index is 5.70. The van der Waals surface area contributed by atoms with Crippen LogP contribution in [0.2, 0.25) is 0 Å². The lowest BCUT2D eigenvalue weighted by atomic mass is 10.3. The molecule has 0 atom stereocenters. The van der Waals surface area contributed by atoms with Gasteiger partial charge < -0.3 is 5.73 Å². The summed E-state index contributed by atoms with van der Waals surface area (Å²) in [5, 5.41) is 0.255. The number of rotatable bonds is 2. The highest BCUT2D eigenvalue weighted by Crippen LogP contribution is 2.21. The van der Waals surface area contributed by atoms with Crippen LogP contribution in [-0.2, 0) is 0 Å². The fourth-order valence-corrected chi connectivity index (χ4v) is 1.56. The van der Waals surface area contributed by atoms with Crippen molar-refractivity contribution in [1.29, 1.82) is 0 Å². The minimum Gasteiger partial charge on any atom is -0.376 e. The van der Waals surface area contributed by atoms with Gasteiger partial charge in [-0.3, -0.25) is 4.90 Å². The number of hydrogen-bond donors (Lipinski definition) is 1. The standard InChI is InChI=1S/C11H10N4S/c12-11(16)15(9-4-2-1-3-5-9)10-6-7-13-8-14-10/h1-8H,(H2,12,16). The lowest BCUT2D eigenvalue weighted by molar-refractivity contribution is 1.13. The first-order valence-electron chi connectivity index (χ1n) is 4.69. The van der Waals surface area contributed by atoms with Crippen molar-refractivity contribution in [1.82, 2.24) is 9.97 Å². The van der Waals surface area contributed by atoms with E-state index in [1.54, 1.807) is 17.2 Å². The van der Waals surface area contributed by atoms with Gasteiger partial charge in [-0.2, -0.15) is 0 Å². The van der Waals surface area contributed by atoms with E-state index in [0.29, 0.717) is 5.82 Å². The molecule has 0 aliphatic carbocycles. The van der Waals surface area contributed by atoms with E-state index in [4.69, 9.17) is 18.0 Å². The highest BCUT2D eigenvalue weighted by molar-refractivity contribution is 7.80. The van der Waals surface area contributed by atoms with Crippen LogP contribution in [-0.4, -0.2) is 15.1 Å². The number of para-hydroxylation sites is 1. The van der Waals surface area contributed by atoms with Gasteiger partial charge in [0, 0.05) is 11.9 Å². The van der Waals surface area contributed by atoms with Crippen molar-refractivity contribution in [2.75, 3.05) is 4.90 Å². The molecule has 80 valence electrons. The van der Waals surface area contributed by atoms with E-state index in [2.05, 4.69) is 9.97 Å². The Bertz CT molecular complexity index is 432.